The smallest absolute Gasteiger partial charge is 0.411 e. The van der Waals surface area contributed by atoms with E-state index in [-0.39, 0.29) is 13.0 Å². The lowest BCUT2D eigenvalue weighted by Gasteiger charge is -2.19. The molecule has 0 fully saturated rings. The number of alkyl carbamates (subject to hydrolysis) is 1. The summed E-state index contributed by atoms with van der Waals surface area (Å²) in [7, 11) is -1.08. The number of hydrogen-bond acceptors (Lipinski definition) is 5. The van der Waals surface area contributed by atoms with Crippen molar-refractivity contribution in [1.82, 2.24) is 5.32 Å². The standard InChI is InChI=1S/C9H16NO6P/c1-4-16-6-5-9(7(11)12,17(3)14)10-8(13)15-2/h4-6H2,1-3H3,(H-,10,11,12,13)/p+1/t9-/m0/s1. The summed E-state index contributed by atoms with van der Waals surface area (Å²) in [4.78, 5) is 22.3. The van der Waals surface area contributed by atoms with Gasteiger partial charge in [-0.2, -0.15) is 0 Å². The maximum atomic E-state index is 11.6. The second-order valence-corrected chi connectivity index (χ2v) is 4.98. The quantitative estimate of drug-likeness (QED) is 0.526. The van der Waals surface area contributed by atoms with E-state index in [2.05, 4.69) is 10.1 Å². The van der Waals surface area contributed by atoms with Crippen molar-refractivity contribution < 1.29 is 28.7 Å². The predicted octanol–water partition coefficient (Wildman–Crippen LogP) is 1.01. The van der Waals surface area contributed by atoms with Crippen molar-refractivity contribution in [3.05, 3.63) is 0 Å². The molecule has 0 aliphatic carbocycles. The molecule has 2 N–H and O–H groups in total. The van der Waals surface area contributed by atoms with E-state index in [0.29, 0.717) is 6.61 Å². The number of aliphatic carboxylic acids is 1. The largest absolute Gasteiger partial charge is 0.476 e. The molecule has 0 aliphatic heterocycles. The van der Waals surface area contributed by atoms with E-state index in [9.17, 15) is 14.2 Å². The van der Waals surface area contributed by atoms with Crippen LogP contribution >= 0.6 is 7.80 Å². The molecule has 1 amide bonds. The minimum Gasteiger partial charge on any atom is -0.476 e. The molecule has 0 aromatic rings. The Morgan fingerprint density at radius 2 is 2.06 bits per heavy atom. The van der Waals surface area contributed by atoms with E-state index >= 15 is 0 Å². The van der Waals surface area contributed by atoms with Crippen LogP contribution < -0.4 is 5.32 Å². The molecule has 0 aromatic carbocycles. The van der Waals surface area contributed by atoms with Gasteiger partial charge in [0, 0.05) is 6.61 Å². The zero-order valence-electron chi connectivity index (χ0n) is 10.1. The Morgan fingerprint density at radius 1 is 1.47 bits per heavy atom. The van der Waals surface area contributed by atoms with Gasteiger partial charge in [0.15, 0.2) is 0 Å². The van der Waals surface area contributed by atoms with Crippen LogP contribution in [0.5, 0.6) is 0 Å². The Labute approximate surface area is 100 Å². The van der Waals surface area contributed by atoms with Gasteiger partial charge in [-0.1, -0.05) is 4.57 Å². The number of carboxylic acid groups (broad SMARTS) is 1. The normalized spacial score (nSPS) is 14.6. The van der Waals surface area contributed by atoms with Gasteiger partial charge in [-0.3, -0.25) is 5.32 Å². The third-order valence-electron chi connectivity index (χ3n) is 2.20. The zero-order chi connectivity index (χ0) is 13.5. The SMILES string of the molecule is CCOCC[C@@](NC(=O)OC)(C(=O)O)[P+](C)=O. The highest BCUT2D eigenvalue weighted by molar-refractivity contribution is 7.47. The number of carbonyl (C=O) groups is 2. The van der Waals surface area contributed by atoms with Crippen molar-refractivity contribution >= 4 is 19.9 Å². The van der Waals surface area contributed by atoms with Gasteiger partial charge in [-0.25, -0.2) is 9.59 Å². The summed E-state index contributed by atoms with van der Waals surface area (Å²) in [6, 6.07) is 0. The third kappa shape index (κ3) is 4.28. The third-order valence-corrected chi connectivity index (χ3v) is 3.80. The van der Waals surface area contributed by atoms with Crippen molar-refractivity contribution in [2.24, 2.45) is 0 Å². The molecule has 0 aromatic heterocycles. The van der Waals surface area contributed by atoms with E-state index in [4.69, 9.17) is 9.84 Å². The first-order chi connectivity index (χ1) is 7.90. The molecule has 0 aliphatic rings. The molecule has 0 heterocycles. The van der Waals surface area contributed by atoms with Crippen molar-refractivity contribution in [2.45, 2.75) is 18.6 Å². The summed E-state index contributed by atoms with van der Waals surface area (Å²) < 4.78 is 20.9. The summed E-state index contributed by atoms with van der Waals surface area (Å²) in [6.45, 7) is 3.49. The van der Waals surface area contributed by atoms with Crippen molar-refractivity contribution in [3.63, 3.8) is 0 Å². The Kier molecular flexibility index (Phi) is 6.68. The summed E-state index contributed by atoms with van der Waals surface area (Å²) in [6.07, 6.45) is -1.02. The van der Waals surface area contributed by atoms with Gasteiger partial charge in [0.1, 0.15) is 6.66 Å². The second kappa shape index (κ2) is 7.19. The van der Waals surface area contributed by atoms with Crippen LogP contribution in [0.25, 0.3) is 0 Å². The van der Waals surface area contributed by atoms with Gasteiger partial charge in [-0.05, 0) is 6.92 Å². The van der Waals surface area contributed by atoms with Crippen LogP contribution in [0.15, 0.2) is 0 Å². The molecule has 0 saturated carbocycles. The topological polar surface area (TPSA) is 102 Å². The zero-order valence-corrected chi connectivity index (χ0v) is 11.0. The van der Waals surface area contributed by atoms with Gasteiger partial charge < -0.3 is 14.6 Å². The minimum atomic E-state index is -2.18. The first kappa shape index (κ1) is 15.8. The molecule has 0 rings (SSSR count). The number of carbonyl (C=O) groups excluding carboxylic acids is 1. The highest BCUT2D eigenvalue weighted by Gasteiger charge is 2.55. The summed E-state index contributed by atoms with van der Waals surface area (Å²) >= 11 is 0. The molecule has 17 heavy (non-hydrogen) atoms. The fourth-order valence-electron chi connectivity index (χ4n) is 1.18. The van der Waals surface area contributed by atoms with Crippen LogP contribution in [0.2, 0.25) is 0 Å². The number of amides is 1. The van der Waals surface area contributed by atoms with E-state index in [1.54, 1.807) is 6.92 Å². The summed E-state index contributed by atoms with van der Waals surface area (Å²) in [5, 5.41) is 9.39. The van der Waals surface area contributed by atoms with E-state index in [1.807, 2.05) is 0 Å². The number of rotatable bonds is 7. The lowest BCUT2D eigenvalue weighted by molar-refractivity contribution is -0.141. The molecule has 0 saturated heterocycles. The number of nitrogens with one attached hydrogen (secondary N) is 1. The molecule has 1 unspecified atom stereocenters. The van der Waals surface area contributed by atoms with Crippen LogP contribution in [0.3, 0.4) is 0 Å². The molecule has 7 nitrogen and oxygen atoms in total. The second-order valence-electron chi connectivity index (χ2n) is 3.23. The highest BCUT2D eigenvalue weighted by atomic mass is 31.1. The fraction of sp³-hybridized carbons (Fsp3) is 0.778. The molecular weight excluding hydrogens is 249 g/mol. The molecule has 0 spiro atoms. The van der Waals surface area contributed by atoms with Crippen molar-refractivity contribution in [1.29, 1.82) is 0 Å². The average molecular weight is 266 g/mol. The lowest BCUT2D eigenvalue weighted by atomic mass is 10.2. The molecular formula is C9H17NO6P+. The maximum absolute atomic E-state index is 11.6. The number of ether oxygens (including phenoxy) is 2. The van der Waals surface area contributed by atoms with E-state index < -0.39 is 25.1 Å². The molecule has 2 atom stereocenters. The average Bonchev–Trinajstić information content (AvgIpc) is 2.26. The minimum absolute atomic E-state index is 0.0850. The Balaban J connectivity index is 4.93. The number of hydrogen-bond donors (Lipinski definition) is 2. The lowest BCUT2D eigenvalue weighted by Crippen LogP contribution is -2.52. The molecule has 0 bridgehead atoms. The summed E-state index contributed by atoms with van der Waals surface area (Å²) in [5.74, 6) is -1.37. The van der Waals surface area contributed by atoms with Crippen LogP contribution in [0, 0.1) is 0 Å². The van der Waals surface area contributed by atoms with Gasteiger partial charge in [0.05, 0.1) is 20.1 Å². The van der Waals surface area contributed by atoms with Gasteiger partial charge in [0.25, 0.3) is 0 Å². The summed E-state index contributed by atoms with van der Waals surface area (Å²) in [5.41, 5.74) is 0. The Bertz CT molecular complexity index is 292. The highest BCUT2D eigenvalue weighted by Crippen LogP contribution is 2.36. The van der Waals surface area contributed by atoms with E-state index in [1.165, 1.54) is 6.66 Å². The van der Waals surface area contributed by atoms with Crippen LogP contribution in [0.1, 0.15) is 13.3 Å². The Morgan fingerprint density at radius 3 is 2.41 bits per heavy atom. The molecule has 98 valence electrons. The molecule has 0 radical (unpaired) electrons. The van der Waals surface area contributed by atoms with Crippen molar-refractivity contribution in [3.8, 4) is 0 Å². The molecule has 8 heteroatoms. The Hall–Kier alpha value is -1.20. The van der Waals surface area contributed by atoms with Crippen LogP contribution in [-0.2, 0) is 18.8 Å². The van der Waals surface area contributed by atoms with Crippen LogP contribution in [0.4, 0.5) is 4.79 Å². The fourth-order valence-corrected chi connectivity index (χ4v) is 2.10. The number of methoxy groups -OCH3 is 1. The first-order valence-corrected chi connectivity index (χ1v) is 6.69. The van der Waals surface area contributed by atoms with Gasteiger partial charge >= 0.3 is 25.1 Å². The number of carboxylic acids is 1. The first-order valence-electron chi connectivity index (χ1n) is 4.99. The van der Waals surface area contributed by atoms with Gasteiger partial charge in [-0.15, -0.1) is 0 Å². The van der Waals surface area contributed by atoms with E-state index in [0.717, 1.165) is 7.11 Å². The van der Waals surface area contributed by atoms with Crippen molar-refractivity contribution in [2.75, 3.05) is 27.0 Å². The maximum Gasteiger partial charge on any atom is 0.411 e. The van der Waals surface area contributed by atoms with Crippen LogP contribution in [-0.4, -0.2) is 49.4 Å². The monoisotopic (exact) mass is 266 g/mol. The van der Waals surface area contributed by atoms with Gasteiger partial charge in [0.2, 0.25) is 0 Å². The predicted molar refractivity (Wildman–Crippen MR) is 60.5 cm³/mol.